The lowest BCUT2D eigenvalue weighted by Crippen LogP contribution is -2.34. The number of anilines is 1. The van der Waals surface area contributed by atoms with Gasteiger partial charge in [-0.25, -0.2) is 5.01 Å². The summed E-state index contributed by atoms with van der Waals surface area (Å²) in [6, 6.07) is 41.2. The van der Waals surface area contributed by atoms with Gasteiger partial charge in [-0.15, -0.1) is 0 Å². The first-order valence-corrected chi connectivity index (χ1v) is 15.8. The number of nitrogens with zero attached hydrogens (tertiary/aromatic N) is 3. The second kappa shape index (κ2) is 10.8. The van der Waals surface area contributed by atoms with Gasteiger partial charge in [-0.2, -0.15) is 5.10 Å². The van der Waals surface area contributed by atoms with E-state index in [-0.39, 0.29) is 11.5 Å². The minimum atomic E-state index is -0.887. The largest absolute Gasteiger partial charge is 0.286 e. The molecule has 6 nitrogen and oxygen atoms in total. The summed E-state index contributed by atoms with van der Waals surface area (Å²) in [5.41, 5.74) is 7.91. The van der Waals surface area contributed by atoms with Gasteiger partial charge in [0, 0.05) is 23.3 Å². The van der Waals surface area contributed by atoms with E-state index in [2.05, 4.69) is 80.6 Å². The number of non-ortho nitro benzene ring substituents is 1. The molecule has 1 atom stereocenters. The highest BCUT2D eigenvalue weighted by Crippen LogP contribution is 2.71. The molecule has 1 unspecified atom stereocenters. The van der Waals surface area contributed by atoms with Crippen molar-refractivity contribution in [3.8, 4) is 0 Å². The first-order chi connectivity index (χ1) is 21.3. The molecule has 1 spiro atoms. The summed E-state index contributed by atoms with van der Waals surface area (Å²) in [5.74, 6) is -0.166. The number of thioether (sulfide) groups is 2. The zero-order valence-electron chi connectivity index (χ0n) is 24.0. The summed E-state index contributed by atoms with van der Waals surface area (Å²) in [7, 11) is 0. The lowest BCUT2D eigenvalue weighted by Gasteiger charge is -2.37. The Labute approximate surface area is 264 Å². The highest BCUT2D eigenvalue weighted by Gasteiger charge is 2.61. The highest BCUT2D eigenvalue weighted by atomic mass is 32.2. The van der Waals surface area contributed by atoms with Crippen LogP contribution >= 0.6 is 23.5 Å². The molecule has 0 saturated carbocycles. The van der Waals surface area contributed by atoms with Crippen LogP contribution in [0.25, 0.3) is 0 Å². The molecule has 0 saturated heterocycles. The Balaban J connectivity index is 1.47. The van der Waals surface area contributed by atoms with Crippen molar-refractivity contribution in [3.63, 3.8) is 0 Å². The van der Waals surface area contributed by atoms with Gasteiger partial charge >= 0.3 is 0 Å². The average molecular weight is 614 g/mol. The molecule has 0 radical (unpaired) electrons. The molecule has 0 aliphatic carbocycles. The molecule has 44 heavy (non-hydrogen) atoms. The van der Waals surface area contributed by atoms with Crippen molar-refractivity contribution >= 4 is 45.7 Å². The van der Waals surface area contributed by atoms with E-state index in [1.54, 1.807) is 36.0 Å². The van der Waals surface area contributed by atoms with E-state index < -0.39 is 13.9 Å². The zero-order valence-corrected chi connectivity index (χ0v) is 25.6. The van der Waals surface area contributed by atoms with Crippen LogP contribution in [0.4, 0.5) is 11.4 Å². The molecule has 216 valence electrons. The van der Waals surface area contributed by atoms with Gasteiger partial charge in [0.25, 0.3) is 5.69 Å². The quantitative estimate of drug-likeness (QED) is 0.108. The van der Waals surface area contributed by atoms with Crippen LogP contribution in [-0.4, -0.2) is 15.8 Å². The number of Topliss-reactive ketones (excluding diaryl/α,β-unsaturated/α-hetero) is 1. The molecule has 5 aromatic carbocycles. The number of hydrogen-bond acceptors (Lipinski definition) is 7. The molecule has 7 rings (SSSR count). The van der Waals surface area contributed by atoms with Crippen molar-refractivity contribution in [1.29, 1.82) is 0 Å². The lowest BCUT2D eigenvalue weighted by atomic mass is 9.81. The molecule has 2 aliphatic heterocycles. The van der Waals surface area contributed by atoms with Crippen LogP contribution < -0.4 is 5.01 Å². The number of nitro groups is 1. The molecule has 2 heterocycles. The molecule has 0 bridgehead atoms. The number of carbonyl (C=O) groups is 1. The monoisotopic (exact) mass is 613 g/mol. The van der Waals surface area contributed by atoms with Crippen molar-refractivity contribution < 1.29 is 9.72 Å². The third-order valence-corrected chi connectivity index (χ3v) is 11.4. The molecule has 0 amide bonds. The van der Waals surface area contributed by atoms with E-state index in [1.165, 1.54) is 35.0 Å². The van der Waals surface area contributed by atoms with Gasteiger partial charge in [-0.3, -0.25) is 14.9 Å². The van der Waals surface area contributed by atoms with Gasteiger partial charge in [-0.1, -0.05) is 138 Å². The number of ketones is 1. The van der Waals surface area contributed by atoms with Crippen molar-refractivity contribution in [1.82, 2.24) is 0 Å². The van der Waals surface area contributed by atoms with E-state index >= 15 is 0 Å². The van der Waals surface area contributed by atoms with Crippen molar-refractivity contribution in [2.24, 2.45) is 5.10 Å². The maximum Gasteiger partial charge on any atom is 0.269 e. The van der Waals surface area contributed by atoms with E-state index in [0.717, 1.165) is 22.3 Å². The van der Waals surface area contributed by atoms with Crippen molar-refractivity contribution in [2.45, 2.75) is 22.8 Å². The standard InChI is InChI=1S/C36H27N3O3S2/c1-24-12-16-27(17-13-24)35(28-18-14-25(2)15-19-28)31-10-6-7-11-32(31)36(44-35)38(29-20-22-30(23-21-29)39(41)42)37-34(43-36)33(40)26-8-4-3-5-9-26/h3-23H,1-2H3. The minimum absolute atomic E-state index is 0.00709. The van der Waals surface area contributed by atoms with Crippen LogP contribution in [0.3, 0.4) is 0 Å². The Hall–Kier alpha value is -4.66. The Bertz CT molecular complexity index is 1880. The van der Waals surface area contributed by atoms with Crippen molar-refractivity contribution in [3.05, 3.63) is 176 Å². The van der Waals surface area contributed by atoms with E-state index in [4.69, 9.17) is 5.10 Å². The molecule has 0 aromatic heterocycles. The van der Waals surface area contributed by atoms with E-state index in [9.17, 15) is 14.9 Å². The summed E-state index contributed by atoms with van der Waals surface area (Å²) in [5, 5.41) is 18.7. The minimum Gasteiger partial charge on any atom is -0.286 e. The lowest BCUT2D eigenvalue weighted by molar-refractivity contribution is -0.384. The van der Waals surface area contributed by atoms with Crippen LogP contribution in [0.5, 0.6) is 0 Å². The van der Waals surface area contributed by atoms with E-state index in [0.29, 0.717) is 16.3 Å². The topological polar surface area (TPSA) is 75.8 Å². The maximum atomic E-state index is 13.9. The second-order valence-corrected chi connectivity index (χ2v) is 13.8. The van der Waals surface area contributed by atoms with Crippen LogP contribution in [0, 0.1) is 24.0 Å². The van der Waals surface area contributed by atoms with Gasteiger partial charge in [0.1, 0.15) is 0 Å². The number of rotatable bonds is 6. The Morgan fingerprint density at radius 1 is 0.727 bits per heavy atom. The Morgan fingerprint density at radius 2 is 1.27 bits per heavy atom. The Morgan fingerprint density at radius 3 is 1.84 bits per heavy atom. The van der Waals surface area contributed by atoms with Gasteiger partial charge in [0.15, 0.2) is 9.25 Å². The fraction of sp³-hybridized carbons (Fsp3) is 0.111. The number of fused-ring (bicyclic) bond motifs is 2. The fourth-order valence-electron chi connectivity index (χ4n) is 5.89. The summed E-state index contributed by atoms with van der Waals surface area (Å²) in [6.07, 6.45) is 0. The fourth-order valence-corrected chi connectivity index (χ4v) is 9.51. The van der Waals surface area contributed by atoms with Gasteiger partial charge in [0.2, 0.25) is 5.78 Å². The number of nitro benzene ring substituents is 1. The summed E-state index contributed by atoms with van der Waals surface area (Å²) >= 11 is 3.17. The first kappa shape index (κ1) is 28.1. The van der Waals surface area contributed by atoms with Crippen LogP contribution in [0.15, 0.2) is 132 Å². The highest BCUT2D eigenvalue weighted by molar-refractivity contribution is 8.27. The molecule has 8 heteroatoms. The number of hydrazone groups is 1. The van der Waals surface area contributed by atoms with Crippen LogP contribution in [0.2, 0.25) is 0 Å². The predicted octanol–water partition coefficient (Wildman–Crippen LogP) is 8.81. The molecular weight excluding hydrogens is 587 g/mol. The predicted molar refractivity (Wildman–Crippen MR) is 179 cm³/mol. The number of carbonyl (C=O) groups excluding carboxylic acids is 1. The normalized spacial score (nSPS) is 18.2. The second-order valence-electron chi connectivity index (χ2n) is 10.9. The molecule has 0 fully saturated rings. The SMILES string of the molecule is Cc1ccc(C2(c3ccc(C)cc3)SC3(SC(C(=O)c4ccccc4)=NN3c3ccc([N+](=O)[O-])cc3)c3ccccc32)cc1. The molecule has 5 aromatic rings. The molecular formula is C36H27N3O3S2. The average Bonchev–Trinajstić information content (AvgIpc) is 3.58. The number of aryl methyl sites for hydroxylation is 2. The maximum absolute atomic E-state index is 13.9. The van der Waals surface area contributed by atoms with Crippen LogP contribution in [0.1, 0.15) is 43.7 Å². The summed E-state index contributed by atoms with van der Waals surface area (Å²) < 4.78 is -1.52. The third kappa shape index (κ3) is 4.44. The number of hydrogen-bond donors (Lipinski definition) is 0. The number of benzene rings is 5. The smallest absolute Gasteiger partial charge is 0.269 e. The molecule has 0 N–H and O–H groups in total. The Kier molecular flexibility index (Phi) is 6.91. The summed E-state index contributed by atoms with van der Waals surface area (Å²) in [4.78, 5) is 25.0. The molecule has 2 aliphatic rings. The van der Waals surface area contributed by atoms with Crippen LogP contribution in [-0.2, 0) is 8.95 Å². The summed E-state index contributed by atoms with van der Waals surface area (Å²) in [6.45, 7) is 4.16. The van der Waals surface area contributed by atoms with Gasteiger partial charge < -0.3 is 0 Å². The zero-order chi connectivity index (χ0) is 30.5. The first-order valence-electron chi connectivity index (χ1n) is 14.2. The van der Waals surface area contributed by atoms with Crippen molar-refractivity contribution in [2.75, 3.05) is 5.01 Å². The third-order valence-electron chi connectivity index (χ3n) is 8.09. The van der Waals surface area contributed by atoms with Gasteiger partial charge in [0.05, 0.1) is 15.4 Å². The van der Waals surface area contributed by atoms with Gasteiger partial charge in [-0.05, 0) is 42.7 Å². The van der Waals surface area contributed by atoms with E-state index in [1.807, 2.05) is 29.3 Å².